The number of halogens is 4. The Kier molecular flexibility index (Phi) is 5.35. The summed E-state index contributed by atoms with van der Waals surface area (Å²) < 4.78 is 0. The van der Waals surface area contributed by atoms with Crippen LogP contribution in [0.3, 0.4) is 0 Å². The van der Waals surface area contributed by atoms with Gasteiger partial charge in [0.25, 0.3) is 13.4 Å². The molecule has 0 saturated carbocycles. The van der Waals surface area contributed by atoms with Gasteiger partial charge in [0.15, 0.2) is 0 Å². The Morgan fingerprint density at radius 2 is 1.21 bits per heavy atom. The highest BCUT2D eigenvalue weighted by molar-refractivity contribution is 7.53. The average molecular weight is 326 g/mol. The lowest BCUT2D eigenvalue weighted by Gasteiger charge is -2.28. The topological polar surface area (TPSA) is 0 Å². The van der Waals surface area contributed by atoms with E-state index < -0.39 is 21.5 Å². The lowest BCUT2D eigenvalue weighted by molar-refractivity contribution is 1.72. The minimum atomic E-state index is -2.30. The summed E-state index contributed by atoms with van der Waals surface area (Å²) in [5.74, 6) is 0. The van der Waals surface area contributed by atoms with E-state index in [0.29, 0.717) is 0 Å². The molecule has 0 aromatic carbocycles. The maximum Gasteiger partial charge on any atom is 0.270 e. The van der Waals surface area contributed by atoms with Crippen LogP contribution in [0.4, 0.5) is 0 Å². The molecular formula is C7H16Cl4Si3. The Morgan fingerprint density at radius 1 is 0.857 bits per heavy atom. The van der Waals surface area contributed by atoms with Crippen molar-refractivity contribution in [1.82, 2.24) is 0 Å². The quantitative estimate of drug-likeness (QED) is 0.507. The third-order valence-corrected chi connectivity index (χ3v) is 12.5. The lowest BCUT2D eigenvalue weighted by atomic mass is 11.2. The monoisotopic (exact) mass is 324 g/mol. The van der Waals surface area contributed by atoms with E-state index in [4.69, 9.17) is 44.3 Å². The van der Waals surface area contributed by atoms with E-state index in [0.717, 1.165) is 4.82 Å². The Morgan fingerprint density at radius 3 is 1.29 bits per heavy atom. The second kappa shape index (κ2) is 4.82. The first-order valence-corrected chi connectivity index (χ1v) is 17.0. The van der Waals surface area contributed by atoms with Gasteiger partial charge in [0.05, 0.1) is 8.07 Å². The number of hydrogen-bond acceptors (Lipinski definition) is 0. The van der Waals surface area contributed by atoms with Crippen LogP contribution in [0.2, 0.25) is 32.7 Å². The van der Waals surface area contributed by atoms with Gasteiger partial charge in [-0.3, -0.25) is 0 Å². The molecule has 0 aromatic rings. The Hall–Kier alpha value is 1.55. The molecule has 0 rings (SSSR count). The van der Waals surface area contributed by atoms with E-state index in [1.165, 1.54) is 0 Å². The van der Waals surface area contributed by atoms with Crippen molar-refractivity contribution in [1.29, 1.82) is 0 Å². The van der Waals surface area contributed by atoms with Crippen LogP contribution in [-0.2, 0) is 0 Å². The molecule has 0 saturated heterocycles. The van der Waals surface area contributed by atoms with Gasteiger partial charge in [0.2, 0.25) is 0 Å². The van der Waals surface area contributed by atoms with Crippen LogP contribution < -0.4 is 0 Å². The van der Waals surface area contributed by atoms with Crippen LogP contribution in [0.15, 0.2) is 10.5 Å². The molecule has 0 atom stereocenters. The zero-order chi connectivity index (χ0) is 11.8. The van der Waals surface area contributed by atoms with Gasteiger partial charge < -0.3 is 0 Å². The molecule has 0 aliphatic rings. The van der Waals surface area contributed by atoms with Crippen LogP contribution in [0.1, 0.15) is 0 Å². The molecule has 0 fully saturated rings. The summed E-state index contributed by atoms with van der Waals surface area (Å²) in [4.78, 5) is 1.16. The molecule has 0 bridgehead atoms. The van der Waals surface area contributed by atoms with Crippen LogP contribution in [0.25, 0.3) is 0 Å². The minimum Gasteiger partial charge on any atom is -0.141 e. The fraction of sp³-hybridized carbons (Fsp3) is 0.714. The molecule has 0 radical (unpaired) electrons. The van der Waals surface area contributed by atoms with E-state index in [1.54, 1.807) is 0 Å². The van der Waals surface area contributed by atoms with E-state index in [9.17, 15) is 0 Å². The fourth-order valence-electron chi connectivity index (χ4n) is 1.26. The molecule has 0 aliphatic carbocycles. The van der Waals surface area contributed by atoms with Gasteiger partial charge in [-0.15, -0.1) is 44.3 Å². The Labute approximate surface area is 108 Å². The van der Waals surface area contributed by atoms with Gasteiger partial charge >= 0.3 is 0 Å². The van der Waals surface area contributed by atoms with Crippen LogP contribution >= 0.6 is 44.3 Å². The predicted octanol–water partition coefficient (Wildman–Crippen LogP) is 4.97. The molecule has 0 aliphatic heterocycles. The summed E-state index contributed by atoms with van der Waals surface area (Å²) in [5.41, 5.74) is 1.97. The molecule has 0 spiro atoms. The van der Waals surface area contributed by atoms with Crippen molar-refractivity contribution in [3.05, 3.63) is 10.5 Å². The maximum atomic E-state index is 6.27. The highest BCUT2D eigenvalue weighted by atomic mass is 35.7. The predicted molar refractivity (Wildman–Crippen MR) is 78.1 cm³/mol. The van der Waals surface area contributed by atoms with E-state index in [-0.39, 0.29) is 0 Å². The fourth-order valence-corrected chi connectivity index (χ4v) is 19.3. The third-order valence-electron chi connectivity index (χ3n) is 1.68. The third kappa shape index (κ3) is 6.20. The van der Waals surface area contributed by atoms with Gasteiger partial charge in [0.1, 0.15) is 0 Å². The highest BCUT2D eigenvalue weighted by Crippen LogP contribution is 2.34. The highest BCUT2D eigenvalue weighted by Gasteiger charge is 2.38. The van der Waals surface area contributed by atoms with Crippen molar-refractivity contribution in [2.45, 2.75) is 32.7 Å². The molecule has 0 heterocycles. The zero-order valence-electron chi connectivity index (χ0n) is 9.09. The minimum absolute atomic E-state index is 1.16. The summed E-state index contributed by atoms with van der Waals surface area (Å²) in [5, 5.41) is 0. The van der Waals surface area contributed by atoms with E-state index >= 15 is 0 Å². The van der Waals surface area contributed by atoms with Gasteiger partial charge in [-0.2, -0.15) is 0 Å². The van der Waals surface area contributed by atoms with Crippen molar-refractivity contribution in [2.75, 3.05) is 0 Å². The summed E-state index contributed by atoms with van der Waals surface area (Å²) in [6, 6.07) is 0. The number of rotatable bonds is 3. The van der Waals surface area contributed by atoms with E-state index in [2.05, 4.69) is 19.6 Å². The molecule has 0 nitrogen and oxygen atoms in total. The largest absolute Gasteiger partial charge is 0.270 e. The summed E-state index contributed by atoms with van der Waals surface area (Å²) in [6.07, 6.45) is 0. The van der Waals surface area contributed by atoms with Gasteiger partial charge in [-0.1, -0.05) is 30.2 Å². The average Bonchev–Trinajstić information content (AvgIpc) is 1.75. The maximum absolute atomic E-state index is 6.27. The Bertz CT molecular complexity index is 215. The van der Waals surface area contributed by atoms with Gasteiger partial charge in [0, 0.05) is 0 Å². The number of hydrogen-bond donors (Lipinski definition) is 0. The molecular weight excluding hydrogens is 310 g/mol. The SMILES string of the molecule is C[Si](Cl)(Cl)/C=C(\[Si](C)(C)C)[Si](C)(Cl)Cl. The summed E-state index contributed by atoms with van der Waals surface area (Å²) in [7, 11) is -1.51. The second-order valence-electron chi connectivity index (χ2n) is 4.65. The lowest BCUT2D eigenvalue weighted by Crippen LogP contribution is -2.38. The smallest absolute Gasteiger partial charge is 0.141 e. The normalized spacial score (nSPS) is 15.9. The standard InChI is InChI=1S/C7H16Cl4Si3/c1-12(2,3)7(14(5,10)11)6-13(4,8)9/h6H,1-5H3/b7-6+. The molecule has 0 unspecified atom stereocenters. The summed E-state index contributed by atoms with van der Waals surface area (Å²) >= 11 is 24.7. The molecule has 0 amide bonds. The van der Waals surface area contributed by atoms with Crippen molar-refractivity contribution in [2.24, 2.45) is 0 Å². The van der Waals surface area contributed by atoms with Crippen molar-refractivity contribution in [3.8, 4) is 0 Å². The van der Waals surface area contributed by atoms with Crippen molar-refractivity contribution in [3.63, 3.8) is 0 Å². The van der Waals surface area contributed by atoms with Gasteiger partial charge in [-0.25, -0.2) is 0 Å². The first kappa shape index (κ1) is 15.6. The molecule has 0 aromatic heterocycles. The van der Waals surface area contributed by atoms with E-state index in [1.807, 2.05) is 18.8 Å². The van der Waals surface area contributed by atoms with Crippen LogP contribution in [0.5, 0.6) is 0 Å². The Balaban J connectivity index is 5.26. The molecule has 14 heavy (non-hydrogen) atoms. The molecule has 84 valence electrons. The van der Waals surface area contributed by atoms with Crippen molar-refractivity contribution < 1.29 is 0 Å². The van der Waals surface area contributed by atoms with Gasteiger partial charge in [-0.05, 0) is 13.1 Å². The molecule has 7 heteroatoms. The first-order chi connectivity index (χ1) is 5.84. The molecule has 0 N–H and O–H groups in total. The summed E-state index contributed by atoms with van der Waals surface area (Å²) in [6.45, 7) is 5.85. The first-order valence-electron chi connectivity index (χ1n) is 4.33. The zero-order valence-corrected chi connectivity index (χ0v) is 15.1. The van der Waals surface area contributed by atoms with Crippen LogP contribution in [-0.4, -0.2) is 21.5 Å². The second-order valence-corrected chi connectivity index (χ2v) is 25.1. The van der Waals surface area contributed by atoms with Crippen LogP contribution in [0, 0.1) is 0 Å². The van der Waals surface area contributed by atoms with Crippen molar-refractivity contribution >= 4 is 65.8 Å².